The van der Waals surface area contributed by atoms with E-state index in [1.165, 1.54) is 89.9 Å². The van der Waals surface area contributed by atoms with Crippen LogP contribution in [0.15, 0.2) is 72.9 Å². The van der Waals surface area contributed by atoms with Gasteiger partial charge in [0.25, 0.3) is 0 Å². The summed E-state index contributed by atoms with van der Waals surface area (Å²) in [6.45, 7) is 4.68. The molecule has 0 saturated heterocycles. The second-order valence-corrected chi connectivity index (χ2v) is 29.2. The van der Waals surface area contributed by atoms with Crippen LogP contribution in [0.2, 0.25) is 0 Å². The van der Waals surface area contributed by atoms with Crippen molar-refractivity contribution >= 4 is 39.5 Å². The van der Waals surface area contributed by atoms with E-state index in [1.807, 2.05) is 0 Å². The molecule has 570 valence electrons. The molecule has 98 heavy (non-hydrogen) atoms. The molecule has 0 aliphatic carbocycles. The average Bonchev–Trinajstić information content (AvgIpc) is 0.985. The summed E-state index contributed by atoms with van der Waals surface area (Å²) in [7, 11) is -9.94. The van der Waals surface area contributed by atoms with Gasteiger partial charge in [0.2, 0.25) is 0 Å². The molecule has 0 aliphatic rings. The Bertz CT molecular complexity index is 2140. The van der Waals surface area contributed by atoms with E-state index in [4.69, 9.17) is 37.0 Å². The number of aliphatic hydroxyl groups is 1. The maximum absolute atomic E-state index is 13.1. The normalized spacial score (nSPS) is 14.3. The van der Waals surface area contributed by atoms with E-state index in [0.717, 1.165) is 180 Å². The summed E-state index contributed by atoms with van der Waals surface area (Å²) in [5.74, 6) is -2.16. The minimum Gasteiger partial charge on any atom is -0.462 e. The molecule has 0 aromatic rings. The number of unbranched alkanes of at least 4 members (excludes halogenated alkanes) is 36. The van der Waals surface area contributed by atoms with Crippen molar-refractivity contribution in [2.75, 3.05) is 39.6 Å². The first-order valence-corrected chi connectivity index (χ1v) is 42.2. The average molecular weight is 1430 g/mol. The first-order chi connectivity index (χ1) is 47.7. The van der Waals surface area contributed by atoms with Crippen molar-refractivity contribution in [2.45, 2.75) is 367 Å². The largest absolute Gasteiger partial charge is 0.472 e. The van der Waals surface area contributed by atoms with Crippen LogP contribution in [0.5, 0.6) is 0 Å². The van der Waals surface area contributed by atoms with Crippen LogP contribution in [0, 0.1) is 0 Å². The van der Waals surface area contributed by atoms with Gasteiger partial charge in [-0.1, -0.05) is 306 Å². The summed E-state index contributed by atoms with van der Waals surface area (Å²) in [4.78, 5) is 72.9. The fourth-order valence-corrected chi connectivity index (χ4v) is 12.4. The number of hydrogen-bond acceptors (Lipinski definition) is 15. The quantitative estimate of drug-likeness (QED) is 0.0169. The molecule has 0 spiro atoms. The number of allylic oxidation sites excluding steroid dienone is 12. The zero-order valence-corrected chi connectivity index (χ0v) is 64.0. The van der Waals surface area contributed by atoms with Crippen LogP contribution >= 0.6 is 15.6 Å². The monoisotopic (exact) mass is 1420 g/mol. The molecule has 5 atom stereocenters. The fourth-order valence-electron chi connectivity index (χ4n) is 10.8. The fraction of sp³-hybridized carbons (Fsp3) is 0.797. The van der Waals surface area contributed by atoms with Gasteiger partial charge in [-0.15, -0.1) is 0 Å². The molecule has 3 N–H and O–H groups in total. The molecule has 19 heteroatoms. The van der Waals surface area contributed by atoms with Crippen LogP contribution in [0.25, 0.3) is 0 Å². The van der Waals surface area contributed by atoms with E-state index in [0.29, 0.717) is 25.7 Å². The van der Waals surface area contributed by atoms with Crippen LogP contribution in [0.1, 0.15) is 349 Å². The molecular weight excluding hydrogens is 1280 g/mol. The number of esters is 4. The number of carbonyl (C=O) groups excluding carboxylic acids is 4. The second-order valence-electron chi connectivity index (χ2n) is 26.3. The van der Waals surface area contributed by atoms with E-state index >= 15 is 0 Å². The predicted molar refractivity (Wildman–Crippen MR) is 400 cm³/mol. The lowest BCUT2D eigenvalue weighted by Gasteiger charge is -2.21. The maximum Gasteiger partial charge on any atom is 0.472 e. The topological polar surface area (TPSA) is 237 Å². The van der Waals surface area contributed by atoms with E-state index in [-0.39, 0.29) is 25.7 Å². The van der Waals surface area contributed by atoms with Gasteiger partial charge in [-0.25, -0.2) is 9.13 Å². The van der Waals surface area contributed by atoms with Crippen molar-refractivity contribution in [1.29, 1.82) is 0 Å². The summed E-state index contributed by atoms with van der Waals surface area (Å²) in [5, 5.41) is 10.6. The Morgan fingerprint density at radius 2 is 0.531 bits per heavy atom. The molecule has 0 aliphatic heterocycles. The molecule has 5 unspecified atom stereocenters. The van der Waals surface area contributed by atoms with E-state index in [2.05, 4.69) is 101 Å². The van der Waals surface area contributed by atoms with E-state index in [9.17, 15) is 43.2 Å². The Labute approximate surface area is 596 Å². The number of ether oxygens (including phenoxy) is 4. The van der Waals surface area contributed by atoms with Crippen molar-refractivity contribution in [3.8, 4) is 0 Å². The number of phosphoric ester groups is 2. The summed E-state index contributed by atoms with van der Waals surface area (Å²) in [6, 6.07) is 0. The van der Waals surface area contributed by atoms with Crippen LogP contribution in [0.4, 0.5) is 0 Å². The third-order valence-electron chi connectivity index (χ3n) is 16.7. The predicted octanol–water partition coefficient (Wildman–Crippen LogP) is 22.4. The van der Waals surface area contributed by atoms with Crippen LogP contribution in [-0.4, -0.2) is 96.7 Å². The minimum absolute atomic E-state index is 0.0978. The molecule has 0 bridgehead atoms. The third-order valence-corrected chi connectivity index (χ3v) is 18.6. The number of rotatable bonds is 74. The lowest BCUT2D eigenvalue weighted by Crippen LogP contribution is -2.30. The zero-order valence-electron chi connectivity index (χ0n) is 62.2. The molecule has 0 aromatic carbocycles. The maximum atomic E-state index is 13.1. The standard InChI is InChI=1S/C79H142O17P2/c1-5-9-13-17-21-25-29-32-34-36-38-41-44-47-51-55-59-63-76(81)89-69-74(95-78(83)65-61-57-53-49-43-28-24-20-16-12-8-4)71-93-97(85,86)91-67-73(80)68-92-98(87,88)94-72-75(96-79(84)66-62-58-54-50-46-40-31-27-23-19-15-11-7-3)70-90-77(82)64-60-56-52-48-45-42-39-37-35-33-30-26-22-18-14-10-6-2/h9-10,13-14,21-22,25-26,32-35,73-75,80H,5-8,11-12,15-20,23-24,27-31,36-72H2,1-4H3,(H,85,86)(H,87,88)/b13-9-,14-10-,25-21-,26-22-,34-32-,35-33-. The van der Waals surface area contributed by atoms with Gasteiger partial charge in [-0.05, 0) is 89.9 Å². The van der Waals surface area contributed by atoms with Gasteiger partial charge in [0.05, 0.1) is 26.4 Å². The smallest absolute Gasteiger partial charge is 0.462 e. The van der Waals surface area contributed by atoms with Gasteiger partial charge in [-0.3, -0.25) is 37.3 Å². The Morgan fingerprint density at radius 1 is 0.296 bits per heavy atom. The molecule has 0 amide bonds. The van der Waals surface area contributed by atoms with Gasteiger partial charge in [0.1, 0.15) is 19.3 Å². The van der Waals surface area contributed by atoms with Crippen LogP contribution in [-0.2, 0) is 65.4 Å². The van der Waals surface area contributed by atoms with Crippen LogP contribution in [0.3, 0.4) is 0 Å². The molecular formula is C79H142O17P2. The number of phosphoric acid groups is 2. The summed E-state index contributed by atoms with van der Waals surface area (Å²) < 4.78 is 68.5. The molecule has 0 radical (unpaired) electrons. The highest BCUT2D eigenvalue weighted by Gasteiger charge is 2.30. The summed E-state index contributed by atoms with van der Waals surface area (Å²) in [5.41, 5.74) is 0. The van der Waals surface area contributed by atoms with E-state index in [1.54, 1.807) is 0 Å². The molecule has 0 heterocycles. The first-order valence-electron chi connectivity index (χ1n) is 39.2. The van der Waals surface area contributed by atoms with Crippen molar-refractivity contribution in [1.82, 2.24) is 0 Å². The molecule has 0 rings (SSSR count). The van der Waals surface area contributed by atoms with Gasteiger partial charge in [0, 0.05) is 25.7 Å². The Hall–Kier alpha value is -3.50. The highest BCUT2D eigenvalue weighted by molar-refractivity contribution is 7.47. The van der Waals surface area contributed by atoms with Crippen molar-refractivity contribution in [3.05, 3.63) is 72.9 Å². The van der Waals surface area contributed by atoms with E-state index < -0.39 is 97.5 Å². The van der Waals surface area contributed by atoms with Gasteiger partial charge >= 0.3 is 39.5 Å². The highest BCUT2D eigenvalue weighted by atomic mass is 31.2. The number of carbonyl (C=O) groups is 4. The molecule has 0 fully saturated rings. The zero-order chi connectivity index (χ0) is 71.8. The Morgan fingerprint density at radius 3 is 0.816 bits per heavy atom. The number of aliphatic hydroxyl groups excluding tert-OH is 1. The van der Waals surface area contributed by atoms with Gasteiger partial charge < -0.3 is 33.8 Å². The second kappa shape index (κ2) is 71.9. The lowest BCUT2D eigenvalue weighted by molar-refractivity contribution is -0.161. The van der Waals surface area contributed by atoms with Gasteiger partial charge in [-0.2, -0.15) is 0 Å². The molecule has 0 saturated carbocycles. The number of hydrogen-bond donors (Lipinski definition) is 3. The van der Waals surface area contributed by atoms with Crippen molar-refractivity contribution in [2.24, 2.45) is 0 Å². The lowest BCUT2D eigenvalue weighted by atomic mass is 10.0. The minimum atomic E-state index is -4.97. The van der Waals surface area contributed by atoms with Crippen molar-refractivity contribution in [3.63, 3.8) is 0 Å². The first kappa shape index (κ1) is 94.5. The van der Waals surface area contributed by atoms with Crippen LogP contribution < -0.4 is 0 Å². The highest BCUT2D eigenvalue weighted by Crippen LogP contribution is 2.45. The molecule has 0 aromatic heterocycles. The Balaban J connectivity index is 5.28. The summed E-state index contributed by atoms with van der Waals surface area (Å²) >= 11 is 0. The summed E-state index contributed by atoms with van der Waals surface area (Å²) in [6.07, 6.45) is 71.7. The SMILES string of the molecule is CC/C=C\C/C=C\C/C=C\CCCCCCCCCC(=O)OCC(COP(=O)(O)OCC(O)COP(=O)(O)OCC(COC(=O)CCCCCCCCC/C=C\C/C=C\C/C=C\CC)OC(=O)CCCCCCCCCCCCCCC)OC(=O)CCCCCCCCCCCCC. The molecule has 17 nitrogen and oxygen atoms in total. The van der Waals surface area contributed by atoms with Gasteiger partial charge in [0.15, 0.2) is 12.2 Å². The Kier molecular flexibility index (Phi) is 69.3. The third kappa shape index (κ3) is 70.9. The van der Waals surface area contributed by atoms with Crippen molar-refractivity contribution < 1.29 is 80.2 Å².